The summed E-state index contributed by atoms with van der Waals surface area (Å²) in [5.74, 6) is 0. The lowest BCUT2D eigenvalue weighted by molar-refractivity contribution is -0.222. The maximum Gasteiger partial charge on any atom is 0.394 e. The molecule has 1 aliphatic rings. The van der Waals surface area contributed by atoms with Crippen molar-refractivity contribution in [3.8, 4) is 0 Å². The highest BCUT2D eigenvalue weighted by atomic mass is 19.4. The van der Waals surface area contributed by atoms with Gasteiger partial charge in [0.2, 0.25) is 0 Å². The normalized spacial score (nSPS) is 22.6. The van der Waals surface area contributed by atoms with Gasteiger partial charge in [-0.15, -0.1) is 0 Å². The van der Waals surface area contributed by atoms with E-state index in [1.807, 2.05) is 0 Å². The molecule has 0 atom stereocenters. The van der Waals surface area contributed by atoms with Gasteiger partial charge in [0.1, 0.15) is 6.29 Å². The summed E-state index contributed by atoms with van der Waals surface area (Å²) in [7, 11) is 0. The van der Waals surface area contributed by atoms with Crippen molar-refractivity contribution in [1.29, 1.82) is 0 Å². The molecule has 0 aliphatic heterocycles. The first-order valence-corrected chi connectivity index (χ1v) is 4.02. The quantitative estimate of drug-likeness (QED) is 0.597. The molecule has 0 unspecified atom stereocenters. The van der Waals surface area contributed by atoms with Gasteiger partial charge >= 0.3 is 6.18 Å². The van der Waals surface area contributed by atoms with Crippen LogP contribution >= 0.6 is 0 Å². The Kier molecular flexibility index (Phi) is 2.44. The summed E-state index contributed by atoms with van der Waals surface area (Å²) in [6.07, 6.45) is -2.76. The highest BCUT2D eigenvalue weighted by Gasteiger charge is 2.55. The molecule has 0 heterocycles. The van der Waals surface area contributed by atoms with Gasteiger partial charge in [-0.3, -0.25) is 0 Å². The number of hydrogen-bond acceptors (Lipinski definition) is 1. The number of aldehydes is 1. The highest BCUT2D eigenvalue weighted by molar-refractivity contribution is 5.51. The van der Waals surface area contributed by atoms with Gasteiger partial charge in [-0.05, 0) is 12.8 Å². The molecule has 0 aromatic heterocycles. The number of carbonyl (C=O) groups is 1. The van der Waals surface area contributed by atoms with E-state index in [0.29, 0.717) is 19.1 Å². The van der Waals surface area contributed by atoms with Crippen molar-refractivity contribution in [2.75, 3.05) is 0 Å². The third-order valence-electron chi connectivity index (χ3n) is 2.64. The van der Waals surface area contributed by atoms with Crippen molar-refractivity contribution in [1.82, 2.24) is 0 Å². The van der Waals surface area contributed by atoms with Gasteiger partial charge in [0.05, 0.1) is 5.41 Å². The van der Waals surface area contributed by atoms with E-state index in [1.165, 1.54) is 0 Å². The maximum atomic E-state index is 12.4. The summed E-state index contributed by atoms with van der Waals surface area (Å²) in [5, 5.41) is 0. The zero-order valence-electron chi connectivity index (χ0n) is 6.66. The fraction of sp³-hybridized carbons (Fsp3) is 0.875. The summed E-state index contributed by atoms with van der Waals surface area (Å²) in [4.78, 5) is 10.1. The van der Waals surface area contributed by atoms with E-state index in [2.05, 4.69) is 0 Å². The first-order chi connectivity index (χ1) is 5.52. The predicted octanol–water partition coefficient (Wildman–Crippen LogP) is 2.70. The fourth-order valence-electron chi connectivity index (χ4n) is 1.81. The largest absolute Gasteiger partial charge is 0.394 e. The average molecular weight is 180 g/mol. The second-order valence-corrected chi connectivity index (χ2v) is 3.36. The fourth-order valence-corrected chi connectivity index (χ4v) is 1.81. The van der Waals surface area contributed by atoms with Gasteiger partial charge in [0.25, 0.3) is 0 Å². The van der Waals surface area contributed by atoms with E-state index in [1.54, 1.807) is 0 Å². The zero-order chi connectivity index (χ0) is 9.24. The Balaban J connectivity index is 2.78. The lowest BCUT2D eigenvalue weighted by atomic mass is 9.82. The predicted molar refractivity (Wildman–Crippen MR) is 37.6 cm³/mol. The summed E-state index contributed by atoms with van der Waals surface area (Å²) >= 11 is 0. The molecule has 0 N–H and O–H groups in total. The highest BCUT2D eigenvalue weighted by Crippen LogP contribution is 2.52. The number of alkyl halides is 3. The molecular formula is C8H11F3O. The molecule has 0 radical (unpaired) electrons. The molecule has 0 spiro atoms. The Labute approximate surface area is 68.9 Å². The van der Waals surface area contributed by atoms with Crippen LogP contribution in [0.2, 0.25) is 0 Å². The smallest absolute Gasteiger partial charge is 0.303 e. The van der Waals surface area contributed by atoms with Crippen molar-refractivity contribution in [2.24, 2.45) is 5.41 Å². The lowest BCUT2D eigenvalue weighted by Gasteiger charge is -2.29. The van der Waals surface area contributed by atoms with Gasteiger partial charge in [0, 0.05) is 6.42 Å². The molecule has 1 fully saturated rings. The maximum absolute atomic E-state index is 12.4. The van der Waals surface area contributed by atoms with Crippen molar-refractivity contribution in [3.05, 3.63) is 0 Å². The summed E-state index contributed by atoms with van der Waals surface area (Å²) in [5.41, 5.74) is -1.69. The molecule has 1 nitrogen and oxygen atoms in total. The van der Waals surface area contributed by atoms with Gasteiger partial charge in [-0.25, -0.2) is 0 Å². The Hall–Kier alpha value is -0.540. The third kappa shape index (κ3) is 1.47. The van der Waals surface area contributed by atoms with E-state index in [-0.39, 0.29) is 19.3 Å². The molecule has 1 saturated carbocycles. The second-order valence-electron chi connectivity index (χ2n) is 3.36. The summed E-state index contributed by atoms with van der Waals surface area (Å²) in [6.45, 7) is 0. The Morgan fingerprint density at radius 1 is 1.25 bits per heavy atom. The summed E-state index contributed by atoms with van der Waals surface area (Å²) in [6, 6.07) is 0. The average Bonchev–Trinajstić information content (AvgIpc) is 2.36. The zero-order valence-corrected chi connectivity index (χ0v) is 6.66. The second kappa shape index (κ2) is 3.07. The number of rotatable bonds is 2. The minimum absolute atomic E-state index is 0.120. The van der Waals surface area contributed by atoms with Gasteiger partial charge in [-0.2, -0.15) is 13.2 Å². The molecule has 1 aliphatic carbocycles. The van der Waals surface area contributed by atoms with Crippen LogP contribution in [0.25, 0.3) is 0 Å². The van der Waals surface area contributed by atoms with Crippen LogP contribution in [0, 0.1) is 5.41 Å². The molecule has 0 bridgehead atoms. The molecule has 70 valence electrons. The molecule has 0 saturated heterocycles. The first kappa shape index (κ1) is 9.55. The van der Waals surface area contributed by atoms with Crippen LogP contribution in [-0.4, -0.2) is 12.5 Å². The topological polar surface area (TPSA) is 17.1 Å². The van der Waals surface area contributed by atoms with Crippen LogP contribution in [0.3, 0.4) is 0 Å². The first-order valence-electron chi connectivity index (χ1n) is 4.02. The van der Waals surface area contributed by atoms with Crippen LogP contribution in [0.4, 0.5) is 13.2 Å². The van der Waals surface area contributed by atoms with Crippen molar-refractivity contribution < 1.29 is 18.0 Å². The molecule has 0 amide bonds. The van der Waals surface area contributed by atoms with Crippen LogP contribution in [0.5, 0.6) is 0 Å². The third-order valence-corrected chi connectivity index (χ3v) is 2.64. The van der Waals surface area contributed by atoms with Crippen LogP contribution in [0.1, 0.15) is 32.1 Å². The van der Waals surface area contributed by atoms with E-state index >= 15 is 0 Å². The van der Waals surface area contributed by atoms with Crippen molar-refractivity contribution in [3.63, 3.8) is 0 Å². The lowest BCUT2D eigenvalue weighted by Crippen LogP contribution is -2.35. The Morgan fingerprint density at radius 2 is 1.75 bits per heavy atom. The molecule has 0 aromatic carbocycles. The van der Waals surface area contributed by atoms with E-state index in [4.69, 9.17) is 0 Å². The monoisotopic (exact) mass is 180 g/mol. The number of hydrogen-bond donors (Lipinski definition) is 0. The van der Waals surface area contributed by atoms with Crippen molar-refractivity contribution >= 4 is 6.29 Å². The minimum Gasteiger partial charge on any atom is -0.303 e. The standard InChI is InChI=1S/C8H11F3O/c9-8(10,11)7(5-6-12)3-1-2-4-7/h6H,1-5H2. The van der Waals surface area contributed by atoms with E-state index < -0.39 is 11.6 Å². The Morgan fingerprint density at radius 3 is 2.08 bits per heavy atom. The summed E-state index contributed by atoms with van der Waals surface area (Å²) < 4.78 is 37.3. The molecular weight excluding hydrogens is 169 g/mol. The van der Waals surface area contributed by atoms with E-state index in [0.717, 1.165) is 0 Å². The molecule has 0 aromatic rings. The number of carbonyl (C=O) groups excluding carboxylic acids is 1. The number of halogens is 3. The van der Waals surface area contributed by atoms with Crippen LogP contribution in [-0.2, 0) is 4.79 Å². The van der Waals surface area contributed by atoms with Crippen molar-refractivity contribution in [2.45, 2.75) is 38.3 Å². The van der Waals surface area contributed by atoms with E-state index in [9.17, 15) is 18.0 Å². The van der Waals surface area contributed by atoms with Crippen LogP contribution < -0.4 is 0 Å². The van der Waals surface area contributed by atoms with Gasteiger partial charge in [-0.1, -0.05) is 12.8 Å². The Bertz CT molecular complexity index is 168. The van der Waals surface area contributed by atoms with Crippen LogP contribution in [0.15, 0.2) is 0 Å². The van der Waals surface area contributed by atoms with Gasteiger partial charge in [0.15, 0.2) is 0 Å². The SMILES string of the molecule is O=CCC1(C(F)(F)F)CCCC1. The molecule has 4 heteroatoms. The molecule has 1 rings (SSSR count). The van der Waals surface area contributed by atoms with Gasteiger partial charge < -0.3 is 4.79 Å². The minimum atomic E-state index is -4.20. The molecule has 12 heavy (non-hydrogen) atoms.